The molecule has 0 saturated heterocycles. The molecule has 0 aromatic carbocycles. The maximum atomic E-state index is 12.6. The first kappa shape index (κ1) is 43.7. The van der Waals surface area contributed by atoms with E-state index in [-0.39, 0.29) is 25.7 Å². The number of hydrogen-bond acceptors (Lipinski definition) is 6. The van der Waals surface area contributed by atoms with Crippen molar-refractivity contribution in [2.75, 3.05) is 19.8 Å². The maximum absolute atomic E-state index is 12.6. The molecule has 5 N–H and O–H groups in total. The smallest absolute Gasteiger partial charge is 0.387 e. The lowest BCUT2D eigenvalue weighted by Crippen LogP contribution is -2.45. The molecule has 264 valence electrons. The van der Waals surface area contributed by atoms with Crippen LogP contribution in [0.2, 0.25) is 0 Å². The van der Waals surface area contributed by atoms with E-state index in [0.717, 1.165) is 57.8 Å². The predicted octanol–water partition coefficient (Wildman–Crippen LogP) is 9.22. The first-order chi connectivity index (χ1) is 21.9. The molecule has 1 amide bonds. The van der Waals surface area contributed by atoms with E-state index in [2.05, 4.69) is 43.5 Å². The summed E-state index contributed by atoms with van der Waals surface area (Å²) in [4.78, 5) is 22.5. The average molecular weight is 657 g/mol. The summed E-state index contributed by atoms with van der Waals surface area (Å²) in [5, 5.41) is 13.5. The standard InChI is InChI=1S/C36H69N2O6P/c1-3-5-7-9-11-13-15-17-19-21-23-25-27-29-35(39)34(33-44-45(41,42)43-32-31-37)38-36(40)30-28-26-24-22-20-18-16-14-12-10-8-6-4-2/h14,16,19,21,27,29,34-35,39H,3-13,15,17-18,20,22-26,28,30-33,37H2,1-2H3,(H,38,40)(H,41,42)/b16-14-,21-19+,29-27+. The Morgan fingerprint density at radius 2 is 1.18 bits per heavy atom. The molecule has 3 atom stereocenters. The summed E-state index contributed by atoms with van der Waals surface area (Å²) >= 11 is 0. The predicted molar refractivity (Wildman–Crippen MR) is 189 cm³/mol. The number of phosphoric acid groups is 1. The van der Waals surface area contributed by atoms with E-state index in [4.69, 9.17) is 14.8 Å². The molecule has 0 bridgehead atoms. The Morgan fingerprint density at radius 1 is 0.711 bits per heavy atom. The normalized spacial score (nSPS) is 14.9. The van der Waals surface area contributed by atoms with Crippen molar-refractivity contribution in [2.24, 2.45) is 5.73 Å². The Kier molecular flexibility index (Phi) is 31.7. The average Bonchev–Trinajstić information content (AvgIpc) is 3.02. The highest BCUT2D eigenvalue weighted by molar-refractivity contribution is 7.47. The Balaban J connectivity index is 4.43. The summed E-state index contributed by atoms with van der Waals surface area (Å²) in [6.45, 7) is 4.05. The van der Waals surface area contributed by atoms with Crippen LogP contribution in [0.15, 0.2) is 36.5 Å². The molecule has 0 heterocycles. The number of allylic oxidation sites excluding steroid dienone is 5. The molecule has 8 nitrogen and oxygen atoms in total. The third-order valence-electron chi connectivity index (χ3n) is 7.69. The second-order valence-electron chi connectivity index (χ2n) is 12.1. The summed E-state index contributed by atoms with van der Waals surface area (Å²) in [7, 11) is -4.34. The number of nitrogens with one attached hydrogen (secondary N) is 1. The molecule has 0 rings (SSSR count). The van der Waals surface area contributed by atoms with Gasteiger partial charge in [0.1, 0.15) is 0 Å². The Labute approximate surface area is 276 Å². The van der Waals surface area contributed by atoms with E-state index in [1.54, 1.807) is 6.08 Å². The summed E-state index contributed by atoms with van der Waals surface area (Å²) < 4.78 is 22.0. The molecule has 0 aromatic heterocycles. The van der Waals surface area contributed by atoms with Crippen molar-refractivity contribution in [2.45, 2.75) is 167 Å². The molecule has 0 fully saturated rings. The fraction of sp³-hybridized carbons (Fsp3) is 0.806. The van der Waals surface area contributed by atoms with Gasteiger partial charge in [-0.1, -0.05) is 127 Å². The van der Waals surface area contributed by atoms with Crippen LogP contribution < -0.4 is 11.1 Å². The number of carbonyl (C=O) groups is 1. The van der Waals surface area contributed by atoms with E-state index >= 15 is 0 Å². The van der Waals surface area contributed by atoms with Crippen molar-refractivity contribution in [1.82, 2.24) is 5.32 Å². The minimum absolute atomic E-state index is 0.0722. The van der Waals surface area contributed by atoms with Crippen LogP contribution in [0.4, 0.5) is 0 Å². The SMILES string of the molecule is CCCCCC/C=C\CCCCCCCC(=O)NC(COP(=O)(O)OCCN)C(O)/C=C/CC/C=C/CCCCCCCCC. The van der Waals surface area contributed by atoms with Crippen LogP contribution in [0.5, 0.6) is 0 Å². The zero-order valence-corrected chi connectivity index (χ0v) is 29.7. The fourth-order valence-corrected chi connectivity index (χ4v) is 5.66. The molecule has 3 unspecified atom stereocenters. The number of aliphatic hydroxyl groups excluding tert-OH is 1. The molecule has 0 aliphatic heterocycles. The summed E-state index contributed by atoms with van der Waals surface area (Å²) in [5.41, 5.74) is 5.34. The van der Waals surface area contributed by atoms with Crippen LogP contribution in [-0.4, -0.2) is 47.8 Å². The zero-order chi connectivity index (χ0) is 33.3. The number of amides is 1. The third-order valence-corrected chi connectivity index (χ3v) is 8.67. The molecule has 45 heavy (non-hydrogen) atoms. The minimum atomic E-state index is -4.34. The van der Waals surface area contributed by atoms with Gasteiger partial charge in [-0.2, -0.15) is 0 Å². The highest BCUT2D eigenvalue weighted by atomic mass is 31.2. The first-order valence-corrected chi connectivity index (χ1v) is 19.6. The lowest BCUT2D eigenvalue weighted by molar-refractivity contribution is -0.123. The van der Waals surface area contributed by atoms with Gasteiger partial charge in [-0.05, 0) is 57.8 Å². The maximum Gasteiger partial charge on any atom is 0.472 e. The van der Waals surface area contributed by atoms with Gasteiger partial charge >= 0.3 is 7.82 Å². The van der Waals surface area contributed by atoms with Crippen molar-refractivity contribution < 1.29 is 28.4 Å². The van der Waals surface area contributed by atoms with Crippen molar-refractivity contribution >= 4 is 13.7 Å². The van der Waals surface area contributed by atoms with Crippen molar-refractivity contribution in [3.05, 3.63) is 36.5 Å². The van der Waals surface area contributed by atoms with Crippen molar-refractivity contribution in [3.8, 4) is 0 Å². The number of rotatable bonds is 33. The molecule has 0 aliphatic rings. The van der Waals surface area contributed by atoms with Crippen LogP contribution in [0.3, 0.4) is 0 Å². The van der Waals surface area contributed by atoms with Gasteiger partial charge in [0.25, 0.3) is 0 Å². The highest BCUT2D eigenvalue weighted by Crippen LogP contribution is 2.43. The van der Waals surface area contributed by atoms with Crippen LogP contribution in [0.1, 0.15) is 155 Å². The quantitative estimate of drug-likeness (QED) is 0.0315. The fourth-order valence-electron chi connectivity index (χ4n) is 4.90. The monoisotopic (exact) mass is 656 g/mol. The van der Waals surface area contributed by atoms with Crippen molar-refractivity contribution in [3.63, 3.8) is 0 Å². The Bertz CT molecular complexity index is 804. The van der Waals surface area contributed by atoms with Gasteiger partial charge in [0.05, 0.1) is 25.4 Å². The third kappa shape index (κ3) is 31.1. The number of phosphoric ester groups is 1. The first-order valence-electron chi connectivity index (χ1n) is 18.1. The molecule has 0 aromatic rings. The number of aliphatic hydroxyl groups is 1. The molecule has 9 heteroatoms. The number of carbonyl (C=O) groups excluding carboxylic acids is 1. The van der Waals surface area contributed by atoms with Gasteiger partial charge in [-0.25, -0.2) is 4.57 Å². The van der Waals surface area contributed by atoms with E-state index in [1.165, 1.54) is 77.0 Å². The van der Waals surface area contributed by atoms with E-state index in [9.17, 15) is 19.4 Å². The minimum Gasteiger partial charge on any atom is -0.387 e. The molecular formula is C36H69N2O6P. The zero-order valence-electron chi connectivity index (χ0n) is 28.8. The van der Waals surface area contributed by atoms with Gasteiger partial charge in [0.2, 0.25) is 5.91 Å². The van der Waals surface area contributed by atoms with Crippen LogP contribution in [-0.2, 0) is 18.4 Å². The van der Waals surface area contributed by atoms with Gasteiger partial charge in [0, 0.05) is 13.0 Å². The van der Waals surface area contributed by atoms with Crippen LogP contribution >= 0.6 is 7.82 Å². The summed E-state index contributed by atoms with van der Waals surface area (Å²) in [5.74, 6) is -0.217. The molecule has 0 radical (unpaired) electrons. The van der Waals surface area contributed by atoms with Gasteiger partial charge in [-0.15, -0.1) is 0 Å². The van der Waals surface area contributed by atoms with Gasteiger partial charge < -0.3 is 21.1 Å². The summed E-state index contributed by atoms with van der Waals surface area (Å²) in [6, 6.07) is -0.877. The van der Waals surface area contributed by atoms with Crippen molar-refractivity contribution in [1.29, 1.82) is 0 Å². The van der Waals surface area contributed by atoms with Crippen LogP contribution in [0, 0.1) is 0 Å². The molecule has 0 aliphatic carbocycles. The lowest BCUT2D eigenvalue weighted by Gasteiger charge is -2.23. The Morgan fingerprint density at radius 3 is 1.73 bits per heavy atom. The van der Waals surface area contributed by atoms with E-state index < -0.39 is 20.0 Å². The van der Waals surface area contributed by atoms with Crippen LogP contribution in [0.25, 0.3) is 0 Å². The summed E-state index contributed by atoms with van der Waals surface area (Å²) in [6.07, 6.45) is 36.2. The molecule has 0 saturated carbocycles. The second kappa shape index (κ2) is 32.7. The molecule has 0 spiro atoms. The van der Waals surface area contributed by atoms with E-state index in [0.29, 0.717) is 6.42 Å². The van der Waals surface area contributed by atoms with Gasteiger partial charge in [-0.3, -0.25) is 13.8 Å². The number of unbranched alkanes of at least 4 members (excludes halogenated alkanes) is 17. The Hall–Kier alpha value is -1.28. The number of hydrogen-bond donors (Lipinski definition) is 4. The lowest BCUT2D eigenvalue weighted by atomic mass is 10.1. The number of nitrogens with two attached hydrogens (primary N) is 1. The van der Waals surface area contributed by atoms with Gasteiger partial charge in [0.15, 0.2) is 0 Å². The second-order valence-corrected chi connectivity index (χ2v) is 13.5. The highest BCUT2D eigenvalue weighted by Gasteiger charge is 2.26. The largest absolute Gasteiger partial charge is 0.472 e. The topological polar surface area (TPSA) is 131 Å². The molecular weight excluding hydrogens is 587 g/mol. The van der Waals surface area contributed by atoms with E-state index in [1.807, 2.05) is 6.08 Å².